The molecule has 0 aromatic carbocycles. The first-order valence-corrected chi connectivity index (χ1v) is 6.01. The molecule has 78 valence electrons. The first kappa shape index (κ1) is 11.1. The van der Waals surface area contributed by atoms with Crippen molar-refractivity contribution in [3.63, 3.8) is 0 Å². The summed E-state index contributed by atoms with van der Waals surface area (Å²) in [7, 11) is 0. The van der Waals surface area contributed by atoms with Gasteiger partial charge in [-0.25, -0.2) is 0 Å². The molecule has 0 spiro atoms. The van der Waals surface area contributed by atoms with Crippen LogP contribution in [-0.2, 0) is 15.5 Å². The van der Waals surface area contributed by atoms with Crippen LogP contribution in [0.4, 0.5) is 0 Å². The molecule has 2 atom stereocenters. The van der Waals surface area contributed by atoms with Crippen LogP contribution in [0.25, 0.3) is 0 Å². The molecule has 1 rings (SSSR count). The van der Waals surface area contributed by atoms with E-state index < -0.39 is 11.4 Å². The zero-order valence-corrected chi connectivity index (χ0v) is 8.89. The van der Waals surface area contributed by atoms with Gasteiger partial charge >= 0.3 is 11.4 Å². The molecule has 1 aliphatic rings. The van der Waals surface area contributed by atoms with Crippen LogP contribution in [0, 0.1) is 5.92 Å². The molecule has 0 aliphatic heterocycles. The van der Waals surface area contributed by atoms with Crippen molar-refractivity contribution < 1.29 is 12.9 Å². The molecule has 2 unspecified atom stereocenters. The monoisotopic (exact) mass is 206 g/mol. The first-order valence-electron chi connectivity index (χ1n) is 4.98. The summed E-state index contributed by atoms with van der Waals surface area (Å²) in [6.07, 6.45) is 7.25. The van der Waals surface area contributed by atoms with Gasteiger partial charge in [0.05, 0.1) is 6.10 Å². The minimum Gasteiger partial charge on any atom is -0.284 e. The second-order valence-electron chi connectivity index (χ2n) is 3.77. The number of rotatable bonds is 3. The molecule has 0 radical (unpaired) electrons. The Bertz CT molecular complexity index is 164. The molecule has 0 aromatic rings. The van der Waals surface area contributed by atoms with E-state index >= 15 is 0 Å². The zero-order valence-electron chi connectivity index (χ0n) is 8.07. The highest BCUT2D eigenvalue weighted by Crippen LogP contribution is 2.26. The molecule has 1 fully saturated rings. The molecule has 0 amide bonds. The van der Waals surface area contributed by atoms with Crippen molar-refractivity contribution in [3.8, 4) is 0 Å². The van der Waals surface area contributed by atoms with Gasteiger partial charge in [-0.3, -0.25) is 8.74 Å². The Balaban J connectivity index is 2.34. The molecular formula is C9H18O3S. The number of hydrogen-bond acceptors (Lipinski definition) is 2. The summed E-state index contributed by atoms with van der Waals surface area (Å²) in [5.41, 5.74) is 0. The first-order chi connectivity index (χ1) is 6.20. The van der Waals surface area contributed by atoms with Gasteiger partial charge in [0.1, 0.15) is 0 Å². The van der Waals surface area contributed by atoms with Gasteiger partial charge in [-0.15, -0.1) is 0 Å². The molecule has 0 aromatic heterocycles. The maximum atomic E-state index is 10.4. The Kier molecular flexibility index (Phi) is 4.91. The molecule has 0 saturated heterocycles. The third kappa shape index (κ3) is 4.20. The summed E-state index contributed by atoms with van der Waals surface area (Å²) in [6.45, 7) is 1.89. The molecule has 13 heavy (non-hydrogen) atoms. The van der Waals surface area contributed by atoms with Gasteiger partial charge in [0.2, 0.25) is 0 Å². The van der Waals surface area contributed by atoms with Gasteiger partial charge in [0.15, 0.2) is 0 Å². The molecule has 0 bridgehead atoms. The Labute approximate surface area is 82.4 Å². The predicted molar refractivity (Wildman–Crippen MR) is 52.5 cm³/mol. The molecule has 1 saturated carbocycles. The minimum absolute atomic E-state index is 0.0797. The van der Waals surface area contributed by atoms with E-state index in [-0.39, 0.29) is 6.10 Å². The molecule has 1 aliphatic carbocycles. The third-order valence-corrected chi connectivity index (χ3v) is 3.27. The summed E-state index contributed by atoms with van der Waals surface area (Å²) in [5.74, 6) is 0.471. The van der Waals surface area contributed by atoms with Crippen molar-refractivity contribution in [3.05, 3.63) is 0 Å². The van der Waals surface area contributed by atoms with Crippen LogP contribution in [0.2, 0.25) is 0 Å². The lowest BCUT2D eigenvalue weighted by Gasteiger charge is -2.20. The Hall–Kier alpha value is 0.0700. The lowest BCUT2D eigenvalue weighted by molar-refractivity contribution is 0.144. The van der Waals surface area contributed by atoms with Gasteiger partial charge in [-0.2, -0.15) is 4.21 Å². The van der Waals surface area contributed by atoms with E-state index in [4.69, 9.17) is 8.74 Å². The normalized spacial score (nSPS) is 25.1. The number of hydrogen-bond donors (Lipinski definition) is 1. The summed E-state index contributed by atoms with van der Waals surface area (Å²) in [6, 6.07) is 0. The lowest BCUT2D eigenvalue weighted by atomic mass is 9.95. The van der Waals surface area contributed by atoms with Gasteiger partial charge in [0, 0.05) is 0 Å². The maximum Gasteiger partial charge on any atom is 0.302 e. The summed E-state index contributed by atoms with van der Waals surface area (Å²) >= 11 is -2.10. The van der Waals surface area contributed by atoms with Crippen LogP contribution in [0.15, 0.2) is 0 Å². The third-order valence-electron chi connectivity index (χ3n) is 2.80. The molecular weight excluding hydrogens is 188 g/mol. The smallest absolute Gasteiger partial charge is 0.284 e. The lowest BCUT2D eigenvalue weighted by Crippen LogP contribution is -2.21. The highest BCUT2D eigenvalue weighted by atomic mass is 32.2. The van der Waals surface area contributed by atoms with Gasteiger partial charge < -0.3 is 0 Å². The van der Waals surface area contributed by atoms with Gasteiger partial charge in [0.25, 0.3) is 0 Å². The molecule has 1 N–H and O–H groups in total. The zero-order chi connectivity index (χ0) is 9.68. The van der Waals surface area contributed by atoms with E-state index in [1.54, 1.807) is 0 Å². The summed E-state index contributed by atoms with van der Waals surface area (Å²) < 4.78 is 23.9. The topological polar surface area (TPSA) is 46.5 Å². The van der Waals surface area contributed by atoms with E-state index in [0.717, 1.165) is 12.8 Å². The SMILES string of the molecule is CC(OS(=O)O)C1CCCCCC1. The van der Waals surface area contributed by atoms with Crippen LogP contribution >= 0.6 is 0 Å². The molecule has 4 heteroatoms. The standard InChI is InChI=1S/C9H18O3S/c1-8(12-13(10)11)9-6-4-2-3-5-7-9/h8-9H,2-7H2,1H3,(H,10,11). The highest BCUT2D eigenvalue weighted by molar-refractivity contribution is 7.74. The Morgan fingerprint density at radius 2 is 1.85 bits per heavy atom. The predicted octanol–water partition coefficient (Wildman–Crippen LogP) is 2.50. The van der Waals surface area contributed by atoms with Crippen LogP contribution in [-0.4, -0.2) is 14.9 Å². The van der Waals surface area contributed by atoms with Crippen LogP contribution in [0.3, 0.4) is 0 Å². The maximum absolute atomic E-state index is 10.4. The minimum atomic E-state index is -2.10. The Morgan fingerprint density at radius 3 is 2.31 bits per heavy atom. The van der Waals surface area contributed by atoms with Crippen molar-refractivity contribution in [2.45, 2.75) is 51.6 Å². The van der Waals surface area contributed by atoms with Crippen LogP contribution in [0.5, 0.6) is 0 Å². The Morgan fingerprint density at radius 1 is 1.31 bits per heavy atom. The average molecular weight is 206 g/mol. The van der Waals surface area contributed by atoms with Crippen molar-refractivity contribution in [2.75, 3.05) is 0 Å². The van der Waals surface area contributed by atoms with Crippen LogP contribution < -0.4 is 0 Å². The van der Waals surface area contributed by atoms with E-state index in [1.807, 2.05) is 6.92 Å². The fourth-order valence-electron chi connectivity index (χ4n) is 1.99. The van der Waals surface area contributed by atoms with E-state index in [1.165, 1.54) is 25.7 Å². The van der Waals surface area contributed by atoms with Crippen molar-refractivity contribution in [1.82, 2.24) is 0 Å². The molecule has 3 nitrogen and oxygen atoms in total. The second kappa shape index (κ2) is 5.73. The summed E-state index contributed by atoms with van der Waals surface area (Å²) in [5, 5.41) is 0. The average Bonchev–Trinajstić information content (AvgIpc) is 2.29. The van der Waals surface area contributed by atoms with Gasteiger partial charge in [-0.05, 0) is 25.7 Å². The fourth-order valence-corrected chi connectivity index (χ4v) is 2.41. The van der Waals surface area contributed by atoms with Crippen molar-refractivity contribution >= 4 is 11.4 Å². The quantitative estimate of drug-likeness (QED) is 0.570. The second-order valence-corrected chi connectivity index (χ2v) is 4.40. The largest absolute Gasteiger partial charge is 0.302 e. The highest BCUT2D eigenvalue weighted by Gasteiger charge is 2.20. The van der Waals surface area contributed by atoms with Crippen LogP contribution in [0.1, 0.15) is 45.4 Å². The fraction of sp³-hybridized carbons (Fsp3) is 1.00. The van der Waals surface area contributed by atoms with Gasteiger partial charge in [-0.1, -0.05) is 25.7 Å². The van der Waals surface area contributed by atoms with Crippen molar-refractivity contribution in [2.24, 2.45) is 5.92 Å². The van der Waals surface area contributed by atoms with E-state index in [9.17, 15) is 4.21 Å². The van der Waals surface area contributed by atoms with E-state index in [2.05, 4.69) is 0 Å². The van der Waals surface area contributed by atoms with E-state index in [0.29, 0.717) is 5.92 Å². The molecule has 0 heterocycles. The van der Waals surface area contributed by atoms with Crippen molar-refractivity contribution in [1.29, 1.82) is 0 Å². The summed E-state index contributed by atoms with van der Waals surface area (Å²) in [4.78, 5) is 0.